The highest BCUT2D eigenvalue weighted by molar-refractivity contribution is 7.89. The first kappa shape index (κ1) is 17.4. The maximum atomic E-state index is 12.1. The van der Waals surface area contributed by atoms with E-state index < -0.39 is 10.0 Å². The molecule has 0 spiro atoms. The van der Waals surface area contributed by atoms with E-state index in [-0.39, 0.29) is 18.2 Å². The number of carbonyl (C=O) groups excluding carboxylic acids is 1. The minimum absolute atomic E-state index is 0.0306. The predicted molar refractivity (Wildman–Crippen MR) is 79.9 cm³/mol. The molecule has 0 aliphatic carbocycles. The molecule has 1 saturated heterocycles. The molecule has 0 aromatic heterocycles. The van der Waals surface area contributed by atoms with Crippen LogP contribution >= 0.6 is 0 Å². The highest BCUT2D eigenvalue weighted by Crippen LogP contribution is 2.20. The van der Waals surface area contributed by atoms with Gasteiger partial charge in [0.15, 0.2) is 0 Å². The second-order valence-corrected chi connectivity index (χ2v) is 7.74. The third-order valence-electron chi connectivity index (χ3n) is 3.97. The summed E-state index contributed by atoms with van der Waals surface area (Å²) in [6.45, 7) is 4.04. The van der Waals surface area contributed by atoms with Gasteiger partial charge in [-0.05, 0) is 45.7 Å². The first-order valence-corrected chi connectivity index (χ1v) is 8.88. The Morgan fingerprint density at radius 1 is 1.35 bits per heavy atom. The van der Waals surface area contributed by atoms with Gasteiger partial charge >= 0.3 is 0 Å². The SMILES string of the molecule is CCS(=O)(=O)N(C)CC(=O)N1CCC(CCNC)CC1. The number of rotatable bonds is 7. The zero-order valence-corrected chi connectivity index (χ0v) is 13.6. The zero-order valence-electron chi connectivity index (χ0n) is 12.8. The lowest BCUT2D eigenvalue weighted by atomic mass is 9.93. The lowest BCUT2D eigenvalue weighted by molar-refractivity contribution is -0.132. The quantitative estimate of drug-likeness (QED) is 0.725. The van der Waals surface area contributed by atoms with Crippen molar-refractivity contribution in [2.24, 2.45) is 5.92 Å². The topological polar surface area (TPSA) is 69.7 Å². The maximum absolute atomic E-state index is 12.1. The molecule has 0 atom stereocenters. The summed E-state index contributed by atoms with van der Waals surface area (Å²) in [6.07, 6.45) is 3.16. The van der Waals surface area contributed by atoms with Gasteiger partial charge in [-0.25, -0.2) is 8.42 Å². The fraction of sp³-hybridized carbons (Fsp3) is 0.923. The fourth-order valence-electron chi connectivity index (χ4n) is 2.43. The van der Waals surface area contributed by atoms with Crippen LogP contribution in [0.2, 0.25) is 0 Å². The van der Waals surface area contributed by atoms with Gasteiger partial charge in [0.25, 0.3) is 0 Å². The lowest BCUT2D eigenvalue weighted by Crippen LogP contribution is -2.45. The van der Waals surface area contributed by atoms with Crippen molar-refractivity contribution in [1.82, 2.24) is 14.5 Å². The maximum Gasteiger partial charge on any atom is 0.237 e. The number of likely N-dealkylation sites (tertiary alicyclic amines) is 1. The first-order chi connectivity index (χ1) is 9.40. The van der Waals surface area contributed by atoms with Gasteiger partial charge < -0.3 is 10.2 Å². The lowest BCUT2D eigenvalue weighted by Gasteiger charge is -2.33. The molecule has 0 aromatic rings. The van der Waals surface area contributed by atoms with Crippen LogP contribution < -0.4 is 5.32 Å². The Balaban J connectivity index is 2.40. The highest BCUT2D eigenvalue weighted by atomic mass is 32.2. The average molecular weight is 305 g/mol. The Bertz CT molecular complexity index is 403. The van der Waals surface area contributed by atoms with E-state index in [2.05, 4.69) is 5.32 Å². The fourth-order valence-corrected chi connectivity index (χ4v) is 3.18. The van der Waals surface area contributed by atoms with E-state index in [1.807, 2.05) is 7.05 Å². The molecule has 6 nitrogen and oxygen atoms in total. The van der Waals surface area contributed by atoms with E-state index in [0.717, 1.165) is 43.2 Å². The predicted octanol–water partition coefficient (Wildman–Crippen LogP) is 0.116. The highest BCUT2D eigenvalue weighted by Gasteiger charge is 2.25. The standard InChI is InChI=1S/C13H27N3O3S/c1-4-20(18,19)15(3)11-13(17)16-9-6-12(7-10-16)5-8-14-2/h12,14H,4-11H2,1-3H3. The van der Waals surface area contributed by atoms with E-state index in [4.69, 9.17) is 0 Å². The molecule has 1 aliphatic rings. The van der Waals surface area contributed by atoms with Gasteiger partial charge in [-0.15, -0.1) is 0 Å². The summed E-state index contributed by atoms with van der Waals surface area (Å²) in [7, 11) is 0.139. The van der Waals surface area contributed by atoms with Gasteiger partial charge in [-0.1, -0.05) is 0 Å². The van der Waals surface area contributed by atoms with Crippen LogP contribution in [-0.2, 0) is 14.8 Å². The van der Waals surface area contributed by atoms with E-state index in [1.165, 1.54) is 7.05 Å². The Labute approximate surface area is 122 Å². The monoisotopic (exact) mass is 305 g/mol. The summed E-state index contributed by atoms with van der Waals surface area (Å²) in [6, 6.07) is 0. The smallest absolute Gasteiger partial charge is 0.237 e. The van der Waals surface area contributed by atoms with E-state index in [9.17, 15) is 13.2 Å². The van der Waals surface area contributed by atoms with Crippen molar-refractivity contribution in [3.63, 3.8) is 0 Å². The molecule has 7 heteroatoms. The van der Waals surface area contributed by atoms with Crippen LogP contribution in [-0.4, -0.2) is 69.6 Å². The largest absolute Gasteiger partial charge is 0.342 e. The molecule has 1 amide bonds. The van der Waals surface area contributed by atoms with Crippen molar-refractivity contribution in [1.29, 1.82) is 0 Å². The molecule has 1 fully saturated rings. The van der Waals surface area contributed by atoms with Gasteiger partial charge in [-0.3, -0.25) is 4.79 Å². The Kier molecular flexibility index (Phi) is 6.91. The van der Waals surface area contributed by atoms with Crippen molar-refractivity contribution >= 4 is 15.9 Å². The number of hydrogen-bond acceptors (Lipinski definition) is 4. The number of piperidine rings is 1. The van der Waals surface area contributed by atoms with Crippen LogP contribution in [0.1, 0.15) is 26.2 Å². The summed E-state index contributed by atoms with van der Waals surface area (Å²) in [4.78, 5) is 13.9. The van der Waals surface area contributed by atoms with E-state index >= 15 is 0 Å². The molecule has 1 rings (SSSR count). The van der Waals surface area contributed by atoms with Crippen LogP contribution in [0.3, 0.4) is 0 Å². The van der Waals surface area contributed by atoms with Crippen molar-refractivity contribution in [3.8, 4) is 0 Å². The number of hydrogen-bond donors (Lipinski definition) is 1. The third kappa shape index (κ3) is 5.03. The third-order valence-corrected chi connectivity index (χ3v) is 5.78. The number of nitrogens with zero attached hydrogens (tertiary/aromatic N) is 2. The van der Waals surface area contributed by atoms with Crippen molar-refractivity contribution < 1.29 is 13.2 Å². The Morgan fingerprint density at radius 3 is 2.45 bits per heavy atom. The van der Waals surface area contributed by atoms with Gasteiger partial charge in [-0.2, -0.15) is 4.31 Å². The second kappa shape index (κ2) is 7.95. The number of likely N-dealkylation sites (N-methyl/N-ethyl adjacent to an activating group) is 1. The number of amides is 1. The molecule has 1 N–H and O–H groups in total. The molecular formula is C13H27N3O3S. The van der Waals surface area contributed by atoms with E-state index in [0.29, 0.717) is 5.92 Å². The number of sulfonamides is 1. The van der Waals surface area contributed by atoms with Gasteiger partial charge in [0, 0.05) is 20.1 Å². The molecule has 0 unspecified atom stereocenters. The summed E-state index contributed by atoms with van der Waals surface area (Å²) in [5, 5.41) is 3.14. The second-order valence-electron chi connectivity index (χ2n) is 5.37. The van der Waals surface area contributed by atoms with Crippen molar-refractivity contribution in [2.45, 2.75) is 26.2 Å². The summed E-state index contributed by atoms with van der Waals surface area (Å²) >= 11 is 0. The zero-order chi connectivity index (χ0) is 15.2. The molecular weight excluding hydrogens is 278 g/mol. The molecule has 20 heavy (non-hydrogen) atoms. The van der Waals surface area contributed by atoms with Crippen molar-refractivity contribution in [2.75, 3.05) is 46.0 Å². The summed E-state index contributed by atoms with van der Waals surface area (Å²) in [5.41, 5.74) is 0. The Hall–Kier alpha value is -0.660. The first-order valence-electron chi connectivity index (χ1n) is 7.27. The van der Waals surface area contributed by atoms with Gasteiger partial charge in [0.05, 0.1) is 12.3 Å². The average Bonchev–Trinajstić information content (AvgIpc) is 2.45. The normalized spacial score (nSPS) is 17.7. The summed E-state index contributed by atoms with van der Waals surface area (Å²) < 4.78 is 24.4. The van der Waals surface area contributed by atoms with Crippen LogP contribution in [0.4, 0.5) is 0 Å². The number of carbonyl (C=O) groups is 1. The van der Waals surface area contributed by atoms with Gasteiger partial charge in [0.2, 0.25) is 15.9 Å². The Morgan fingerprint density at radius 2 is 1.95 bits per heavy atom. The molecule has 1 heterocycles. The number of nitrogens with one attached hydrogen (secondary N) is 1. The van der Waals surface area contributed by atoms with Crippen LogP contribution in [0.25, 0.3) is 0 Å². The molecule has 118 valence electrons. The molecule has 0 saturated carbocycles. The van der Waals surface area contributed by atoms with Gasteiger partial charge in [0.1, 0.15) is 0 Å². The molecule has 0 bridgehead atoms. The molecule has 1 aliphatic heterocycles. The minimum atomic E-state index is -3.28. The molecule has 0 radical (unpaired) electrons. The molecule has 0 aromatic carbocycles. The van der Waals surface area contributed by atoms with Crippen molar-refractivity contribution in [3.05, 3.63) is 0 Å². The van der Waals surface area contributed by atoms with Crippen LogP contribution in [0.15, 0.2) is 0 Å². The van der Waals surface area contributed by atoms with Crippen LogP contribution in [0, 0.1) is 5.92 Å². The van der Waals surface area contributed by atoms with E-state index in [1.54, 1.807) is 11.8 Å². The summed E-state index contributed by atoms with van der Waals surface area (Å²) in [5.74, 6) is 0.614. The minimum Gasteiger partial charge on any atom is -0.342 e. The van der Waals surface area contributed by atoms with Crippen LogP contribution in [0.5, 0.6) is 0 Å².